The van der Waals surface area contributed by atoms with E-state index in [1.165, 1.54) is 11.3 Å². The van der Waals surface area contributed by atoms with Crippen molar-refractivity contribution in [2.45, 2.75) is 19.8 Å². The van der Waals surface area contributed by atoms with Crippen LogP contribution >= 0.6 is 11.3 Å². The Morgan fingerprint density at radius 1 is 1.35 bits per heavy atom. The lowest BCUT2D eigenvalue weighted by Crippen LogP contribution is -2.23. The number of fused-ring (bicyclic) bond motifs is 1. The number of carbonyl (C=O) groups is 1. The molecule has 0 aliphatic heterocycles. The van der Waals surface area contributed by atoms with Crippen LogP contribution in [-0.4, -0.2) is 26.2 Å². The SMILES string of the molecule is CCCc1nnc(NC(=O)c2c(O)c3ccccc3[nH]c2=O)s1. The molecule has 2 heterocycles. The van der Waals surface area contributed by atoms with E-state index in [9.17, 15) is 14.7 Å². The summed E-state index contributed by atoms with van der Waals surface area (Å²) in [5, 5.41) is 22.1. The van der Waals surface area contributed by atoms with E-state index in [1.807, 2.05) is 6.92 Å². The second-order valence-corrected chi connectivity index (χ2v) is 5.99. The van der Waals surface area contributed by atoms with Crippen molar-refractivity contribution in [1.82, 2.24) is 15.2 Å². The molecule has 3 aromatic rings. The number of pyridine rings is 1. The Morgan fingerprint density at radius 3 is 2.91 bits per heavy atom. The number of H-pyrrole nitrogens is 1. The molecule has 118 valence electrons. The summed E-state index contributed by atoms with van der Waals surface area (Å²) in [6, 6.07) is 6.72. The van der Waals surface area contributed by atoms with E-state index < -0.39 is 11.5 Å². The molecule has 0 saturated heterocycles. The molecule has 3 N–H and O–H groups in total. The summed E-state index contributed by atoms with van der Waals surface area (Å²) in [7, 11) is 0. The number of hydrogen-bond donors (Lipinski definition) is 3. The Labute approximate surface area is 135 Å². The van der Waals surface area contributed by atoms with Crippen LogP contribution in [0.5, 0.6) is 5.75 Å². The van der Waals surface area contributed by atoms with Crippen LogP contribution in [0.4, 0.5) is 5.13 Å². The minimum absolute atomic E-state index is 0.297. The van der Waals surface area contributed by atoms with Gasteiger partial charge in [-0.1, -0.05) is 30.4 Å². The molecule has 0 atom stereocenters. The average Bonchev–Trinajstić information content (AvgIpc) is 2.95. The van der Waals surface area contributed by atoms with E-state index in [-0.39, 0.29) is 11.3 Å². The monoisotopic (exact) mass is 330 g/mol. The van der Waals surface area contributed by atoms with Crippen molar-refractivity contribution in [1.29, 1.82) is 0 Å². The highest BCUT2D eigenvalue weighted by atomic mass is 32.1. The summed E-state index contributed by atoms with van der Waals surface area (Å²) in [4.78, 5) is 27.0. The van der Waals surface area contributed by atoms with Gasteiger partial charge in [-0.05, 0) is 18.6 Å². The first-order valence-electron chi connectivity index (χ1n) is 7.08. The third-order valence-corrected chi connectivity index (χ3v) is 4.17. The van der Waals surface area contributed by atoms with Crippen LogP contribution in [0.2, 0.25) is 0 Å². The molecule has 0 saturated carbocycles. The number of aryl methyl sites for hydroxylation is 1. The van der Waals surface area contributed by atoms with Crippen molar-refractivity contribution < 1.29 is 9.90 Å². The maximum absolute atomic E-state index is 12.3. The number of nitrogens with one attached hydrogen (secondary N) is 2. The minimum Gasteiger partial charge on any atom is -0.506 e. The molecule has 0 fully saturated rings. The number of benzene rings is 1. The average molecular weight is 330 g/mol. The fourth-order valence-corrected chi connectivity index (χ4v) is 3.05. The van der Waals surface area contributed by atoms with Crippen molar-refractivity contribution in [3.8, 4) is 5.75 Å². The smallest absolute Gasteiger partial charge is 0.266 e. The summed E-state index contributed by atoms with van der Waals surface area (Å²) in [6.07, 6.45) is 1.70. The van der Waals surface area contributed by atoms with Crippen molar-refractivity contribution in [3.63, 3.8) is 0 Å². The second kappa shape index (κ2) is 6.17. The van der Waals surface area contributed by atoms with Gasteiger partial charge < -0.3 is 10.1 Å². The largest absolute Gasteiger partial charge is 0.506 e. The number of aromatic amines is 1. The molecular weight excluding hydrogens is 316 g/mol. The quantitative estimate of drug-likeness (QED) is 0.680. The summed E-state index contributed by atoms with van der Waals surface area (Å²) in [6.45, 7) is 2.02. The van der Waals surface area contributed by atoms with Crippen molar-refractivity contribution in [2.75, 3.05) is 5.32 Å². The zero-order valence-electron chi connectivity index (χ0n) is 12.3. The Kier molecular flexibility index (Phi) is 4.07. The van der Waals surface area contributed by atoms with Crippen LogP contribution in [0.1, 0.15) is 28.7 Å². The topological polar surface area (TPSA) is 108 Å². The first-order valence-corrected chi connectivity index (χ1v) is 7.89. The van der Waals surface area contributed by atoms with Gasteiger partial charge in [0.05, 0.1) is 5.52 Å². The summed E-state index contributed by atoms with van der Waals surface area (Å²) in [5.74, 6) is -1.06. The zero-order valence-corrected chi connectivity index (χ0v) is 13.1. The van der Waals surface area contributed by atoms with Gasteiger partial charge in [0.2, 0.25) is 5.13 Å². The Morgan fingerprint density at radius 2 is 2.13 bits per heavy atom. The third-order valence-electron chi connectivity index (χ3n) is 3.27. The van der Waals surface area contributed by atoms with Crippen molar-refractivity contribution >= 4 is 33.3 Å². The van der Waals surface area contributed by atoms with E-state index in [1.54, 1.807) is 24.3 Å². The third kappa shape index (κ3) is 2.93. The molecule has 7 nitrogen and oxygen atoms in total. The lowest BCUT2D eigenvalue weighted by molar-refractivity contribution is 0.102. The van der Waals surface area contributed by atoms with Crippen LogP contribution in [0.25, 0.3) is 10.9 Å². The van der Waals surface area contributed by atoms with E-state index in [0.29, 0.717) is 16.0 Å². The van der Waals surface area contributed by atoms with Gasteiger partial charge in [0.1, 0.15) is 16.3 Å². The number of amides is 1. The van der Waals surface area contributed by atoms with Crippen LogP contribution in [0.3, 0.4) is 0 Å². The predicted molar refractivity (Wildman–Crippen MR) is 88.1 cm³/mol. The van der Waals surface area contributed by atoms with Gasteiger partial charge in [0.15, 0.2) is 0 Å². The lowest BCUT2D eigenvalue weighted by Gasteiger charge is -2.06. The Hall–Kier alpha value is -2.74. The number of anilines is 1. The fourth-order valence-electron chi connectivity index (χ4n) is 2.21. The summed E-state index contributed by atoms with van der Waals surface area (Å²) >= 11 is 1.25. The molecule has 23 heavy (non-hydrogen) atoms. The molecule has 1 amide bonds. The van der Waals surface area contributed by atoms with Crippen LogP contribution in [-0.2, 0) is 6.42 Å². The highest BCUT2D eigenvalue weighted by molar-refractivity contribution is 7.15. The number of hydrogen-bond acceptors (Lipinski definition) is 6. The second-order valence-electron chi connectivity index (χ2n) is 4.93. The van der Waals surface area contributed by atoms with E-state index in [2.05, 4.69) is 20.5 Å². The van der Waals surface area contributed by atoms with E-state index in [4.69, 9.17) is 0 Å². The van der Waals surface area contributed by atoms with Gasteiger partial charge in [-0.15, -0.1) is 10.2 Å². The molecule has 0 aliphatic rings. The fraction of sp³-hybridized carbons (Fsp3) is 0.200. The first-order chi connectivity index (χ1) is 11.1. The van der Waals surface area contributed by atoms with E-state index >= 15 is 0 Å². The summed E-state index contributed by atoms with van der Waals surface area (Å²) < 4.78 is 0. The maximum atomic E-state index is 12.3. The Balaban J connectivity index is 1.95. The number of carbonyl (C=O) groups excluding carboxylic acids is 1. The summed E-state index contributed by atoms with van der Waals surface area (Å²) in [5.41, 5.74) is -0.527. The van der Waals surface area contributed by atoms with Gasteiger partial charge >= 0.3 is 0 Å². The zero-order chi connectivity index (χ0) is 16.4. The molecule has 0 bridgehead atoms. The molecule has 3 rings (SSSR count). The van der Waals surface area contributed by atoms with Crippen molar-refractivity contribution in [3.05, 3.63) is 45.2 Å². The van der Waals surface area contributed by atoms with Gasteiger partial charge in [-0.2, -0.15) is 0 Å². The first kappa shape index (κ1) is 15.2. The van der Waals surface area contributed by atoms with Gasteiger partial charge in [0.25, 0.3) is 11.5 Å². The van der Waals surface area contributed by atoms with Crippen molar-refractivity contribution in [2.24, 2.45) is 0 Å². The normalized spacial score (nSPS) is 10.8. The molecular formula is C15H14N4O3S. The standard InChI is InChI=1S/C15H14N4O3S/c1-2-5-10-18-19-15(23-10)17-14(22)11-12(20)8-6-3-4-7-9(8)16-13(11)21/h3-4,6-7H,2,5H2,1H3,(H2,16,20,21)(H,17,19,22). The number of nitrogens with zero attached hydrogens (tertiary/aromatic N) is 2. The van der Waals surface area contributed by atoms with Crippen LogP contribution in [0.15, 0.2) is 29.1 Å². The van der Waals surface area contributed by atoms with Crippen LogP contribution < -0.4 is 10.9 Å². The predicted octanol–water partition coefficient (Wildman–Crippen LogP) is 2.29. The van der Waals surface area contributed by atoms with Gasteiger partial charge in [0, 0.05) is 11.8 Å². The Bertz CT molecular complexity index is 932. The van der Waals surface area contributed by atoms with Crippen LogP contribution in [0, 0.1) is 0 Å². The molecule has 0 unspecified atom stereocenters. The van der Waals surface area contributed by atoms with Gasteiger partial charge in [-0.3, -0.25) is 14.9 Å². The van der Waals surface area contributed by atoms with Gasteiger partial charge in [-0.25, -0.2) is 0 Å². The number of aromatic nitrogens is 3. The highest BCUT2D eigenvalue weighted by Crippen LogP contribution is 2.25. The number of aromatic hydroxyl groups is 1. The maximum Gasteiger partial charge on any atom is 0.266 e. The lowest BCUT2D eigenvalue weighted by atomic mass is 10.1. The molecule has 8 heteroatoms. The minimum atomic E-state index is -0.714. The van der Waals surface area contributed by atoms with E-state index in [0.717, 1.165) is 17.8 Å². The number of rotatable bonds is 4. The molecule has 1 aromatic carbocycles. The molecule has 0 spiro atoms. The highest BCUT2D eigenvalue weighted by Gasteiger charge is 2.20. The molecule has 0 aliphatic carbocycles. The number of para-hydroxylation sites is 1. The molecule has 0 radical (unpaired) electrons. The molecule has 2 aromatic heterocycles.